The number of nitrogens with one attached hydrogen (secondary N) is 1. The number of hydrogen-bond acceptors (Lipinski definition) is 4. The third-order valence-corrected chi connectivity index (χ3v) is 2.47. The predicted octanol–water partition coefficient (Wildman–Crippen LogP) is -0.0181. The molecule has 0 aliphatic carbocycles. The van der Waals surface area contributed by atoms with Crippen molar-refractivity contribution in [2.45, 2.75) is 33.0 Å². The molecule has 0 aliphatic rings. The van der Waals surface area contributed by atoms with Crippen LogP contribution < -0.4 is 5.32 Å². The van der Waals surface area contributed by atoms with Crippen LogP contribution in [0.5, 0.6) is 0 Å². The summed E-state index contributed by atoms with van der Waals surface area (Å²) in [4.78, 5) is 0. The van der Waals surface area contributed by atoms with Gasteiger partial charge in [-0.05, 0) is 5.92 Å². The lowest BCUT2D eigenvalue weighted by Gasteiger charge is -2.14. The molecular weight excluding hydrogens is 206 g/mol. The summed E-state index contributed by atoms with van der Waals surface area (Å²) in [5.41, 5.74) is 1.06. The molecule has 0 spiro atoms. The zero-order valence-electron chi connectivity index (χ0n) is 9.93. The first-order valence-electron chi connectivity index (χ1n) is 5.64. The third kappa shape index (κ3) is 4.30. The zero-order valence-corrected chi connectivity index (χ0v) is 9.93. The van der Waals surface area contributed by atoms with Gasteiger partial charge in [-0.3, -0.25) is 4.68 Å². The largest absolute Gasteiger partial charge is 0.394 e. The van der Waals surface area contributed by atoms with Crippen LogP contribution in [0.1, 0.15) is 19.4 Å². The summed E-state index contributed by atoms with van der Waals surface area (Å²) in [5, 5.41) is 25.6. The normalized spacial score (nSPS) is 13.3. The van der Waals surface area contributed by atoms with Gasteiger partial charge in [0.15, 0.2) is 0 Å². The highest BCUT2D eigenvalue weighted by Crippen LogP contribution is 2.01. The fourth-order valence-corrected chi connectivity index (χ4v) is 1.32. The van der Waals surface area contributed by atoms with E-state index in [2.05, 4.69) is 10.4 Å². The molecule has 0 radical (unpaired) electrons. The van der Waals surface area contributed by atoms with Crippen molar-refractivity contribution in [1.82, 2.24) is 15.1 Å². The van der Waals surface area contributed by atoms with Gasteiger partial charge in [0.1, 0.15) is 0 Å². The van der Waals surface area contributed by atoms with E-state index in [1.54, 1.807) is 10.9 Å². The number of aliphatic hydroxyl groups is 2. The number of hydrogen-bond donors (Lipinski definition) is 3. The number of rotatable bonds is 7. The van der Waals surface area contributed by atoms with Crippen LogP contribution in [0.2, 0.25) is 0 Å². The predicted molar refractivity (Wildman–Crippen MR) is 61.9 cm³/mol. The van der Waals surface area contributed by atoms with E-state index in [0.717, 1.165) is 5.56 Å². The summed E-state index contributed by atoms with van der Waals surface area (Å²) in [7, 11) is 0. The van der Waals surface area contributed by atoms with E-state index in [0.29, 0.717) is 19.6 Å². The fourth-order valence-electron chi connectivity index (χ4n) is 1.32. The molecule has 0 amide bonds. The second-order valence-electron chi connectivity index (χ2n) is 4.28. The lowest BCUT2D eigenvalue weighted by atomic mass is 10.1. The second kappa shape index (κ2) is 6.62. The van der Waals surface area contributed by atoms with Crippen LogP contribution in [0.4, 0.5) is 0 Å². The van der Waals surface area contributed by atoms with Gasteiger partial charge in [0.25, 0.3) is 0 Å². The lowest BCUT2D eigenvalue weighted by Crippen LogP contribution is -2.30. The van der Waals surface area contributed by atoms with Crippen LogP contribution >= 0.6 is 0 Å². The van der Waals surface area contributed by atoms with Gasteiger partial charge in [-0.2, -0.15) is 5.10 Å². The summed E-state index contributed by atoms with van der Waals surface area (Å²) < 4.78 is 1.70. The molecule has 3 N–H and O–H groups in total. The average Bonchev–Trinajstić information content (AvgIpc) is 2.66. The van der Waals surface area contributed by atoms with Crippen LogP contribution in [0.15, 0.2) is 12.4 Å². The molecule has 0 aromatic carbocycles. The van der Waals surface area contributed by atoms with Crippen LogP contribution in [0.3, 0.4) is 0 Å². The molecule has 0 aliphatic heterocycles. The van der Waals surface area contributed by atoms with Crippen LogP contribution in [-0.4, -0.2) is 39.2 Å². The molecule has 1 atom stereocenters. The van der Waals surface area contributed by atoms with E-state index in [1.165, 1.54) is 0 Å². The Morgan fingerprint density at radius 3 is 2.88 bits per heavy atom. The standard InChI is InChI=1S/C11H21N3O2/c1-9(2)11(16)7-12-5-10-6-13-14(8-10)3-4-15/h6,8-9,11-12,15-16H,3-5,7H2,1-2H3. The second-order valence-corrected chi connectivity index (χ2v) is 4.28. The van der Waals surface area contributed by atoms with Crippen LogP contribution in [0.25, 0.3) is 0 Å². The summed E-state index contributed by atoms with van der Waals surface area (Å²) in [5.74, 6) is 0.268. The maximum atomic E-state index is 9.58. The Bertz CT molecular complexity index is 299. The first kappa shape index (κ1) is 13.2. The Labute approximate surface area is 96.1 Å². The van der Waals surface area contributed by atoms with E-state index in [-0.39, 0.29) is 18.6 Å². The van der Waals surface area contributed by atoms with Crippen molar-refractivity contribution in [3.63, 3.8) is 0 Å². The van der Waals surface area contributed by atoms with Crippen molar-refractivity contribution < 1.29 is 10.2 Å². The first-order valence-corrected chi connectivity index (χ1v) is 5.64. The summed E-state index contributed by atoms with van der Waals surface area (Å²) in [6.07, 6.45) is 3.35. The molecule has 0 saturated carbocycles. The molecule has 1 aromatic heterocycles. The van der Waals surface area contributed by atoms with Gasteiger partial charge < -0.3 is 15.5 Å². The Kier molecular flexibility index (Phi) is 5.45. The third-order valence-electron chi connectivity index (χ3n) is 2.47. The highest BCUT2D eigenvalue weighted by Gasteiger charge is 2.08. The molecule has 1 rings (SSSR count). The lowest BCUT2D eigenvalue weighted by molar-refractivity contribution is 0.123. The topological polar surface area (TPSA) is 70.3 Å². The van der Waals surface area contributed by atoms with Crippen molar-refractivity contribution in [3.8, 4) is 0 Å². The average molecular weight is 227 g/mol. The minimum atomic E-state index is -0.313. The Hall–Kier alpha value is -0.910. The van der Waals surface area contributed by atoms with Gasteiger partial charge in [0.05, 0.1) is 25.5 Å². The van der Waals surface area contributed by atoms with Crippen LogP contribution in [-0.2, 0) is 13.1 Å². The van der Waals surface area contributed by atoms with Gasteiger partial charge in [-0.15, -0.1) is 0 Å². The molecule has 1 heterocycles. The SMILES string of the molecule is CC(C)C(O)CNCc1cnn(CCO)c1. The maximum Gasteiger partial charge on any atom is 0.0687 e. The smallest absolute Gasteiger partial charge is 0.0687 e. The Morgan fingerprint density at radius 2 is 2.25 bits per heavy atom. The molecule has 1 aromatic rings. The first-order chi connectivity index (χ1) is 7.63. The summed E-state index contributed by atoms with van der Waals surface area (Å²) in [6, 6.07) is 0. The Balaban J connectivity index is 2.26. The minimum Gasteiger partial charge on any atom is -0.394 e. The minimum absolute atomic E-state index is 0.0978. The molecule has 92 valence electrons. The molecule has 0 bridgehead atoms. The Morgan fingerprint density at radius 1 is 1.50 bits per heavy atom. The molecule has 0 fully saturated rings. The van der Waals surface area contributed by atoms with E-state index in [4.69, 9.17) is 5.11 Å². The van der Waals surface area contributed by atoms with E-state index in [9.17, 15) is 5.11 Å². The van der Waals surface area contributed by atoms with Crippen molar-refractivity contribution in [2.24, 2.45) is 5.92 Å². The van der Waals surface area contributed by atoms with Crippen molar-refractivity contribution in [3.05, 3.63) is 18.0 Å². The maximum absolute atomic E-state index is 9.58. The molecule has 1 unspecified atom stereocenters. The molecule has 5 heteroatoms. The van der Waals surface area contributed by atoms with Crippen molar-refractivity contribution >= 4 is 0 Å². The van der Waals surface area contributed by atoms with Crippen molar-refractivity contribution in [2.75, 3.05) is 13.2 Å². The van der Waals surface area contributed by atoms with Gasteiger partial charge >= 0.3 is 0 Å². The number of aromatic nitrogens is 2. The monoisotopic (exact) mass is 227 g/mol. The molecule has 16 heavy (non-hydrogen) atoms. The van der Waals surface area contributed by atoms with Gasteiger partial charge in [-0.1, -0.05) is 13.8 Å². The number of nitrogens with zero attached hydrogens (tertiary/aromatic N) is 2. The quantitative estimate of drug-likeness (QED) is 0.612. The van der Waals surface area contributed by atoms with Gasteiger partial charge in [0.2, 0.25) is 0 Å². The summed E-state index contributed by atoms with van der Waals surface area (Å²) in [6.45, 7) is 5.88. The highest BCUT2D eigenvalue weighted by atomic mass is 16.3. The fraction of sp³-hybridized carbons (Fsp3) is 0.727. The van der Waals surface area contributed by atoms with Crippen LogP contribution in [0, 0.1) is 5.92 Å². The summed E-state index contributed by atoms with van der Waals surface area (Å²) >= 11 is 0. The van der Waals surface area contributed by atoms with E-state index < -0.39 is 0 Å². The van der Waals surface area contributed by atoms with Gasteiger partial charge in [-0.25, -0.2) is 0 Å². The molecule has 0 saturated heterocycles. The van der Waals surface area contributed by atoms with E-state index >= 15 is 0 Å². The molecule has 5 nitrogen and oxygen atoms in total. The number of aliphatic hydroxyl groups excluding tert-OH is 2. The highest BCUT2D eigenvalue weighted by molar-refractivity contribution is 5.03. The molecular formula is C11H21N3O2. The van der Waals surface area contributed by atoms with Gasteiger partial charge in [0, 0.05) is 24.8 Å². The van der Waals surface area contributed by atoms with Crippen molar-refractivity contribution in [1.29, 1.82) is 0 Å². The zero-order chi connectivity index (χ0) is 12.0. The van der Waals surface area contributed by atoms with E-state index in [1.807, 2.05) is 20.0 Å².